The molecule has 0 saturated heterocycles. The molecule has 0 amide bonds. The second kappa shape index (κ2) is 4.24. The highest BCUT2D eigenvalue weighted by Crippen LogP contribution is 2.29. The Hall–Kier alpha value is 0.310. The van der Waals surface area contributed by atoms with Crippen LogP contribution in [0.4, 0.5) is 0 Å². The van der Waals surface area contributed by atoms with Gasteiger partial charge in [0.05, 0.1) is 0 Å². The summed E-state index contributed by atoms with van der Waals surface area (Å²) in [6, 6.07) is 0. The number of rotatable bonds is 4. The van der Waals surface area contributed by atoms with Crippen LogP contribution >= 0.6 is 12.6 Å². The lowest BCUT2D eigenvalue weighted by atomic mass is 9.83. The third-order valence-corrected chi connectivity index (χ3v) is 2.87. The van der Waals surface area contributed by atoms with Crippen LogP contribution in [0.15, 0.2) is 0 Å². The van der Waals surface area contributed by atoms with Crippen LogP contribution in [0.3, 0.4) is 0 Å². The zero-order valence-corrected chi connectivity index (χ0v) is 7.61. The second-order valence-electron chi connectivity index (χ2n) is 3.31. The first kappa shape index (κ1) is 8.41. The van der Waals surface area contributed by atoms with Gasteiger partial charge in [0.1, 0.15) is 0 Å². The summed E-state index contributed by atoms with van der Waals surface area (Å²) in [6.45, 7) is 1.23. The molecule has 1 aliphatic carbocycles. The minimum atomic E-state index is 0.896. The van der Waals surface area contributed by atoms with E-state index in [-0.39, 0.29) is 0 Å². The van der Waals surface area contributed by atoms with Gasteiger partial charge in [0.2, 0.25) is 0 Å². The lowest BCUT2D eigenvalue weighted by molar-refractivity contribution is 0.254. The van der Waals surface area contributed by atoms with Crippen molar-refractivity contribution in [1.29, 1.82) is 0 Å². The van der Waals surface area contributed by atoms with E-state index >= 15 is 0 Å². The van der Waals surface area contributed by atoms with Crippen molar-refractivity contribution >= 4 is 12.6 Å². The maximum Gasteiger partial charge on any atom is 0.0411 e. The monoisotopic (exact) mass is 159 g/mol. The van der Waals surface area contributed by atoms with Gasteiger partial charge in [-0.1, -0.05) is 19.3 Å². The van der Waals surface area contributed by atoms with E-state index in [9.17, 15) is 0 Å². The van der Waals surface area contributed by atoms with Gasteiger partial charge in [0.15, 0.2) is 0 Å². The molecule has 0 aromatic carbocycles. The molecule has 0 aromatic rings. The third kappa shape index (κ3) is 2.51. The predicted octanol–water partition coefficient (Wildman–Crippen LogP) is 2.00. The van der Waals surface area contributed by atoms with Crippen LogP contribution in [0.25, 0.3) is 0 Å². The maximum atomic E-state index is 4.19. The molecule has 2 heteroatoms. The van der Waals surface area contributed by atoms with Gasteiger partial charge in [-0.05, 0) is 25.9 Å². The molecule has 1 fully saturated rings. The van der Waals surface area contributed by atoms with Gasteiger partial charge < -0.3 is 0 Å². The van der Waals surface area contributed by atoms with Gasteiger partial charge >= 0.3 is 0 Å². The van der Waals surface area contributed by atoms with E-state index in [1.54, 1.807) is 0 Å². The van der Waals surface area contributed by atoms with Crippen LogP contribution in [0.5, 0.6) is 0 Å². The Balaban J connectivity index is 1.93. The predicted molar refractivity (Wildman–Crippen MR) is 48.4 cm³/mol. The molecule has 1 aliphatic rings. The number of hydrogen-bond acceptors (Lipinski definition) is 2. The summed E-state index contributed by atoms with van der Waals surface area (Å²) < 4.78 is 0. The molecular formula is C8H17NS. The summed E-state index contributed by atoms with van der Waals surface area (Å²) in [5, 5.41) is 0. The molecule has 10 heavy (non-hydrogen) atoms. The highest BCUT2D eigenvalue weighted by Gasteiger charge is 2.16. The van der Waals surface area contributed by atoms with Crippen LogP contribution in [-0.4, -0.2) is 24.4 Å². The molecule has 0 unspecified atom stereocenters. The highest BCUT2D eigenvalue weighted by atomic mass is 32.1. The van der Waals surface area contributed by atoms with Gasteiger partial charge in [0, 0.05) is 5.88 Å². The van der Waals surface area contributed by atoms with Crippen molar-refractivity contribution in [2.45, 2.75) is 25.7 Å². The van der Waals surface area contributed by atoms with Crippen molar-refractivity contribution in [3.8, 4) is 0 Å². The quantitative estimate of drug-likeness (QED) is 0.485. The van der Waals surface area contributed by atoms with Crippen LogP contribution in [0.1, 0.15) is 25.7 Å². The maximum absolute atomic E-state index is 4.19. The van der Waals surface area contributed by atoms with Gasteiger partial charge in [0.25, 0.3) is 0 Å². The Kier molecular flexibility index (Phi) is 3.57. The van der Waals surface area contributed by atoms with Crippen LogP contribution in [0.2, 0.25) is 0 Å². The molecule has 60 valence electrons. The lowest BCUT2D eigenvalue weighted by Gasteiger charge is -2.27. The minimum Gasteiger partial charge on any atom is -0.297 e. The number of nitrogens with zero attached hydrogens (tertiary/aromatic N) is 1. The average molecular weight is 159 g/mol. The summed E-state index contributed by atoms with van der Waals surface area (Å²) in [5.41, 5.74) is 0. The molecule has 0 aromatic heterocycles. The minimum absolute atomic E-state index is 0.896. The van der Waals surface area contributed by atoms with Crippen LogP contribution in [-0.2, 0) is 0 Å². The van der Waals surface area contributed by atoms with Crippen molar-refractivity contribution in [3.05, 3.63) is 0 Å². The van der Waals surface area contributed by atoms with E-state index in [1.165, 1.54) is 32.2 Å². The zero-order valence-electron chi connectivity index (χ0n) is 6.71. The molecule has 0 spiro atoms. The normalized spacial score (nSPS) is 19.5. The lowest BCUT2D eigenvalue weighted by Crippen LogP contribution is -2.22. The van der Waals surface area contributed by atoms with Crippen molar-refractivity contribution in [2.24, 2.45) is 5.92 Å². The number of thiol groups is 1. The fraction of sp³-hybridized carbons (Fsp3) is 1.00. The Labute approximate surface area is 69.2 Å². The summed E-state index contributed by atoms with van der Waals surface area (Å²) in [7, 11) is 2.13. The van der Waals surface area contributed by atoms with E-state index in [2.05, 4.69) is 24.6 Å². The average Bonchev–Trinajstić information content (AvgIpc) is 1.84. The van der Waals surface area contributed by atoms with Crippen molar-refractivity contribution in [3.63, 3.8) is 0 Å². The first-order chi connectivity index (χ1) is 4.83. The fourth-order valence-corrected chi connectivity index (χ4v) is 1.40. The van der Waals surface area contributed by atoms with Crippen molar-refractivity contribution < 1.29 is 0 Å². The van der Waals surface area contributed by atoms with E-state index < -0.39 is 0 Å². The molecule has 0 N–H and O–H groups in total. The first-order valence-corrected chi connectivity index (χ1v) is 4.75. The molecule has 1 saturated carbocycles. The standard InChI is InChI=1S/C8H17NS/c1-9(7-10)6-5-8-3-2-4-8/h8,10H,2-7H2,1H3. The smallest absolute Gasteiger partial charge is 0.0411 e. The molecule has 0 heterocycles. The van der Waals surface area contributed by atoms with Crippen molar-refractivity contribution in [1.82, 2.24) is 4.90 Å². The van der Waals surface area contributed by atoms with Crippen molar-refractivity contribution in [2.75, 3.05) is 19.5 Å². The van der Waals surface area contributed by atoms with Gasteiger partial charge in [-0.3, -0.25) is 4.90 Å². The van der Waals surface area contributed by atoms with E-state index in [4.69, 9.17) is 0 Å². The molecule has 1 rings (SSSR count). The van der Waals surface area contributed by atoms with E-state index in [0.717, 1.165) is 11.8 Å². The summed E-state index contributed by atoms with van der Waals surface area (Å²) in [5.74, 6) is 1.94. The molecule has 0 aliphatic heterocycles. The Morgan fingerprint density at radius 2 is 2.20 bits per heavy atom. The van der Waals surface area contributed by atoms with Gasteiger partial charge in [-0.25, -0.2) is 0 Å². The van der Waals surface area contributed by atoms with Crippen LogP contribution < -0.4 is 0 Å². The largest absolute Gasteiger partial charge is 0.297 e. The molecule has 1 nitrogen and oxygen atoms in total. The highest BCUT2D eigenvalue weighted by molar-refractivity contribution is 7.80. The molecule has 0 bridgehead atoms. The van der Waals surface area contributed by atoms with E-state index in [0.29, 0.717) is 0 Å². The first-order valence-electron chi connectivity index (χ1n) is 4.12. The molecular weight excluding hydrogens is 142 g/mol. The zero-order chi connectivity index (χ0) is 7.40. The van der Waals surface area contributed by atoms with E-state index in [1.807, 2.05) is 0 Å². The Morgan fingerprint density at radius 3 is 2.60 bits per heavy atom. The van der Waals surface area contributed by atoms with Gasteiger partial charge in [-0.2, -0.15) is 12.6 Å². The number of hydrogen-bond donors (Lipinski definition) is 1. The topological polar surface area (TPSA) is 3.24 Å². The van der Waals surface area contributed by atoms with Gasteiger partial charge in [-0.15, -0.1) is 0 Å². The molecule has 0 atom stereocenters. The summed E-state index contributed by atoms with van der Waals surface area (Å²) in [4.78, 5) is 2.27. The third-order valence-electron chi connectivity index (χ3n) is 2.39. The summed E-state index contributed by atoms with van der Waals surface area (Å²) in [6.07, 6.45) is 5.80. The Bertz CT molecular complexity index is 86.5. The second-order valence-corrected chi connectivity index (χ2v) is 3.59. The van der Waals surface area contributed by atoms with Crippen LogP contribution in [0, 0.1) is 5.92 Å². The SMILES string of the molecule is CN(CS)CCC1CCC1. The Morgan fingerprint density at radius 1 is 1.50 bits per heavy atom. The summed E-state index contributed by atoms with van der Waals surface area (Å²) >= 11 is 4.19. The fourth-order valence-electron chi connectivity index (χ4n) is 1.26. The molecule has 0 radical (unpaired) electrons.